The minimum absolute atomic E-state index is 0.0499. The Morgan fingerprint density at radius 2 is 1.87 bits per heavy atom. The maximum Gasteiger partial charge on any atom is 0.239 e. The van der Waals surface area contributed by atoms with Crippen molar-refractivity contribution >= 4 is 11.8 Å². The van der Waals surface area contributed by atoms with Crippen molar-refractivity contribution in [2.24, 2.45) is 0 Å². The largest absolute Gasteiger partial charge is 0.353 e. The number of hydrogen-bond acceptors (Lipinski definition) is 3. The second-order valence-corrected chi connectivity index (χ2v) is 6.59. The minimum atomic E-state index is -0.307. The van der Waals surface area contributed by atoms with Crippen LogP contribution in [0.2, 0.25) is 0 Å². The van der Waals surface area contributed by atoms with E-state index in [0.29, 0.717) is 6.54 Å². The van der Waals surface area contributed by atoms with Crippen LogP contribution in [0.4, 0.5) is 0 Å². The first-order valence-corrected chi connectivity index (χ1v) is 8.23. The number of nitrogens with one attached hydrogen (secondary N) is 1. The molecule has 5 nitrogen and oxygen atoms in total. The van der Waals surface area contributed by atoms with Gasteiger partial charge < -0.3 is 10.2 Å². The van der Waals surface area contributed by atoms with Crippen LogP contribution in [-0.2, 0) is 22.6 Å². The van der Waals surface area contributed by atoms with Gasteiger partial charge in [-0.25, -0.2) is 0 Å². The molecule has 126 valence electrons. The third-order valence-corrected chi connectivity index (χ3v) is 4.30. The lowest BCUT2D eigenvalue weighted by molar-refractivity contribution is -0.137. The Kier molecular flexibility index (Phi) is 5.77. The predicted octanol–water partition coefficient (Wildman–Crippen LogP) is 1.42. The van der Waals surface area contributed by atoms with Crippen LogP contribution in [0, 0.1) is 0 Å². The van der Waals surface area contributed by atoms with Crippen LogP contribution < -0.4 is 5.32 Å². The van der Waals surface area contributed by atoms with Crippen molar-refractivity contribution in [1.29, 1.82) is 0 Å². The Labute approximate surface area is 138 Å². The Balaban J connectivity index is 1.93. The molecule has 0 saturated heterocycles. The van der Waals surface area contributed by atoms with E-state index in [0.717, 1.165) is 13.0 Å². The molecule has 5 heteroatoms. The van der Waals surface area contributed by atoms with Crippen LogP contribution in [0.3, 0.4) is 0 Å². The molecule has 0 saturated carbocycles. The van der Waals surface area contributed by atoms with Crippen LogP contribution in [0.15, 0.2) is 24.3 Å². The third-order valence-electron chi connectivity index (χ3n) is 4.30. The number of amides is 2. The van der Waals surface area contributed by atoms with Crippen LogP contribution >= 0.6 is 0 Å². The summed E-state index contributed by atoms with van der Waals surface area (Å²) in [5, 5.41) is 2.85. The molecule has 1 aromatic rings. The van der Waals surface area contributed by atoms with Crippen molar-refractivity contribution in [1.82, 2.24) is 15.1 Å². The maximum atomic E-state index is 12.7. The van der Waals surface area contributed by atoms with E-state index in [-0.39, 0.29) is 30.4 Å². The normalized spacial score (nSPS) is 15.5. The van der Waals surface area contributed by atoms with E-state index in [1.54, 1.807) is 4.90 Å². The second-order valence-electron chi connectivity index (χ2n) is 6.59. The van der Waals surface area contributed by atoms with Crippen LogP contribution in [0.25, 0.3) is 0 Å². The monoisotopic (exact) mass is 317 g/mol. The Hall–Kier alpha value is -1.88. The molecule has 0 radical (unpaired) electrons. The Morgan fingerprint density at radius 1 is 1.22 bits per heavy atom. The number of nitrogens with zero attached hydrogens (tertiary/aromatic N) is 2. The highest BCUT2D eigenvalue weighted by molar-refractivity contribution is 5.83. The van der Waals surface area contributed by atoms with Gasteiger partial charge in [0.15, 0.2) is 0 Å². The number of fused-ring (bicyclic) bond motifs is 1. The van der Waals surface area contributed by atoms with Crippen molar-refractivity contribution in [3.63, 3.8) is 0 Å². The zero-order valence-corrected chi connectivity index (χ0v) is 14.5. The van der Waals surface area contributed by atoms with Crippen LogP contribution in [0.1, 0.15) is 31.9 Å². The first-order valence-electron chi connectivity index (χ1n) is 8.23. The van der Waals surface area contributed by atoms with Crippen molar-refractivity contribution in [3.05, 3.63) is 35.4 Å². The lowest BCUT2D eigenvalue weighted by Crippen LogP contribution is -2.50. The SMILES string of the molecule is CC(C)NC(=O)CN(C)[C@H](C)C(=O)N1CCc2ccccc2C1. The van der Waals surface area contributed by atoms with E-state index in [4.69, 9.17) is 0 Å². The van der Waals surface area contributed by atoms with Gasteiger partial charge in [-0.15, -0.1) is 0 Å². The zero-order valence-electron chi connectivity index (χ0n) is 14.5. The summed E-state index contributed by atoms with van der Waals surface area (Å²) in [6, 6.07) is 8.07. The maximum absolute atomic E-state index is 12.7. The van der Waals surface area contributed by atoms with Gasteiger partial charge in [0.25, 0.3) is 0 Å². The average Bonchev–Trinajstić information content (AvgIpc) is 2.52. The van der Waals surface area contributed by atoms with Gasteiger partial charge in [-0.1, -0.05) is 24.3 Å². The van der Waals surface area contributed by atoms with Gasteiger partial charge in [0.05, 0.1) is 12.6 Å². The molecule has 1 N–H and O–H groups in total. The summed E-state index contributed by atoms with van der Waals surface area (Å²) in [5.74, 6) is 0.0329. The van der Waals surface area contributed by atoms with Crippen molar-refractivity contribution < 1.29 is 9.59 Å². The molecule has 0 aromatic heterocycles. The highest BCUT2D eigenvalue weighted by Crippen LogP contribution is 2.19. The fraction of sp³-hybridized carbons (Fsp3) is 0.556. The van der Waals surface area contributed by atoms with Crippen LogP contribution in [-0.4, -0.2) is 53.8 Å². The molecule has 1 heterocycles. The average molecular weight is 317 g/mol. The second kappa shape index (κ2) is 7.59. The van der Waals surface area contributed by atoms with Gasteiger partial charge >= 0.3 is 0 Å². The highest BCUT2D eigenvalue weighted by atomic mass is 16.2. The molecular formula is C18H27N3O2. The zero-order chi connectivity index (χ0) is 17.0. The number of carbonyl (C=O) groups is 2. The van der Waals surface area contributed by atoms with Gasteiger partial charge in [0, 0.05) is 19.1 Å². The van der Waals surface area contributed by atoms with Crippen molar-refractivity contribution in [3.8, 4) is 0 Å². The van der Waals surface area contributed by atoms with E-state index >= 15 is 0 Å². The summed E-state index contributed by atoms with van der Waals surface area (Å²) >= 11 is 0. The molecule has 1 aromatic carbocycles. The van der Waals surface area contributed by atoms with Gasteiger partial charge in [0.2, 0.25) is 11.8 Å². The van der Waals surface area contributed by atoms with E-state index in [9.17, 15) is 9.59 Å². The summed E-state index contributed by atoms with van der Waals surface area (Å²) in [7, 11) is 1.82. The van der Waals surface area contributed by atoms with Gasteiger partial charge in [0.1, 0.15) is 0 Å². The van der Waals surface area contributed by atoms with Crippen molar-refractivity contribution in [2.45, 2.75) is 45.8 Å². The molecule has 0 aliphatic carbocycles. The number of hydrogen-bond donors (Lipinski definition) is 1. The number of likely N-dealkylation sites (N-methyl/N-ethyl adjacent to an activating group) is 1. The fourth-order valence-electron chi connectivity index (χ4n) is 2.87. The lowest BCUT2D eigenvalue weighted by Gasteiger charge is -2.33. The smallest absolute Gasteiger partial charge is 0.239 e. The molecule has 0 fully saturated rings. The molecular weight excluding hydrogens is 290 g/mol. The third kappa shape index (κ3) is 4.55. The van der Waals surface area contributed by atoms with Gasteiger partial charge in [-0.3, -0.25) is 14.5 Å². The van der Waals surface area contributed by atoms with E-state index in [1.165, 1.54) is 11.1 Å². The molecule has 1 atom stereocenters. The number of rotatable bonds is 5. The molecule has 0 bridgehead atoms. The summed E-state index contributed by atoms with van der Waals surface area (Å²) in [6.45, 7) is 7.36. The molecule has 0 unspecified atom stereocenters. The highest BCUT2D eigenvalue weighted by Gasteiger charge is 2.27. The first-order chi connectivity index (χ1) is 10.9. The molecule has 23 heavy (non-hydrogen) atoms. The van der Waals surface area contributed by atoms with Crippen LogP contribution in [0.5, 0.6) is 0 Å². The summed E-state index contributed by atoms with van der Waals surface area (Å²) in [5.41, 5.74) is 2.55. The van der Waals surface area contributed by atoms with Crippen molar-refractivity contribution in [2.75, 3.05) is 20.1 Å². The molecule has 2 rings (SSSR count). The molecule has 1 aliphatic rings. The first kappa shape index (κ1) is 17.5. The van der Waals surface area contributed by atoms with E-state index in [1.807, 2.05) is 44.9 Å². The summed E-state index contributed by atoms with van der Waals surface area (Å²) in [6.07, 6.45) is 0.895. The topological polar surface area (TPSA) is 52.7 Å². The quantitative estimate of drug-likeness (QED) is 0.893. The molecule has 2 amide bonds. The number of carbonyl (C=O) groups excluding carboxylic acids is 2. The minimum Gasteiger partial charge on any atom is -0.353 e. The predicted molar refractivity (Wildman–Crippen MR) is 90.9 cm³/mol. The van der Waals surface area contributed by atoms with Gasteiger partial charge in [-0.2, -0.15) is 0 Å². The number of benzene rings is 1. The standard InChI is InChI=1S/C18H27N3O2/c1-13(2)19-17(22)12-20(4)14(3)18(23)21-10-9-15-7-5-6-8-16(15)11-21/h5-8,13-14H,9-12H2,1-4H3,(H,19,22)/t14-/m1/s1. The molecule has 0 spiro atoms. The Morgan fingerprint density at radius 3 is 2.52 bits per heavy atom. The summed E-state index contributed by atoms with van der Waals surface area (Å²) in [4.78, 5) is 28.3. The summed E-state index contributed by atoms with van der Waals surface area (Å²) < 4.78 is 0. The fourth-order valence-corrected chi connectivity index (χ4v) is 2.87. The van der Waals surface area contributed by atoms with E-state index < -0.39 is 0 Å². The van der Waals surface area contributed by atoms with E-state index in [2.05, 4.69) is 17.4 Å². The lowest BCUT2D eigenvalue weighted by atomic mass is 9.99. The molecule has 1 aliphatic heterocycles. The Bertz CT molecular complexity index is 571. The van der Waals surface area contributed by atoms with Gasteiger partial charge in [-0.05, 0) is 45.4 Å².